The van der Waals surface area contributed by atoms with Crippen molar-refractivity contribution in [3.8, 4) is 17.1 Å². The summed E-state index contributed by atoms with van der Waals surface area (Å²) in [4.78, 5) is 9.13. The number of rotatable bonds is 5. The maximum atomic E-state index is 13.5. The van der Waals surface area contributed by atoms with Crippen LogP contribution in [0.5, 0.6) is 5.75 Å². The first kappa shape index (κ1) is 16.3. The van der Waals surface area contributed by atoms with Gasteiger partial charge in [0, 0.05) is 30.6 Å². The Bertz CT molecular complexity index is 1070. The molecule has 0 spiro atoms. The molecule has 4 rings (SSSR count). The highest BCUT2D eigenvalue weighted by molar-refractivity contribution is 5.76. The Hall–Kier alpha value is -3.15. The van der Waals surface area contributed by atoms with Gasteiger partial charge in [-0.2, -0.15) is 0 Å². The number of benzene rings is 2. The molecule has 0 N–H and O–H groups in total. The predicted octanol–water partition coefficient (Wildman–Crippen LogP) is 4.12. The number of fused-ring (bicyclic) bond motifs is 1. The molecule has 2 aromatic heterocycles. The van der Waals surface area contributed by atoms with Gasteiger partial charge in [-0.3, -0.25) is 0 Å². The lowest BCUT2D eigenvalue weighted by Gasteiger charge is -2.10. The number of imidazole rings is 2. The fraction of sp³-hybridized carbons (Fsp3) is 0.200. The van der Waals surface area contributed by atoms with Gasteiger partial charge in [-0.15, -0.1) is 0 Å². The second-order valence-corrected chi connectivity index (χ2v) is 6.02. The SMILES string of the molecule is CCn1c(Cn2ccnc2-c2cccc(OC)c2)nc2cc(F)ccc21. The van der Waals surface area contributed by atoms with Gasteiger partial charge in [0.05, 0.1) is 24.7 Å². The summed E-state index contributed by atoms with van der Waals surface area (Å²) in [6, 6.07) is 12.5. The molecule has 0 fully saturated rings. The lowest BCUT2D eigenvalue weighted by Crippen LogP contribution is -2.08. The van der Waals surface area contributed by atoms with Crippen LogP contribution in [0, 0.1) is 5.82 Å². The number of aryl methyl sites for hydroxylation is 1. The predicted molar refractivity (Wildman–Crippen MR) is 98.7 cm³/mol. The van der Waals surface area contributed by atoms with Crippen molar-refractivity contribution in [1.82, 2.24) is 19.1 Å². The van der Waals surface area contributed by atoms with Crippen molar-refractivity contribution in [2.45, 2.75) is 20.0 Å². The molecular formula is C20H19FN4O. The Kier molecular flexibility index (Phi) is 4.16. The van der Waals surface area contributed by atoms with Crippen molar-refractivity contribution in [3.05, 3.63) is 66.5 Å². The number of aromatic nitrogens is 4. The van der Waals surface area contributed by atoms with Gasteiger partial charge >= 0.3 is 0 Å². The molecule has 132 valence electrons. The summed E-state index contributed by atoms with van der Waals surface area (Å²) in [6.45, 7) is 3.38. The van der Waals surface area contributed by atoms with E-state index in [-0.39, 0.29) is 5.82 Å². The smallest absolute Gasteiger partial charge is 0.140 e. The second-order valence-electron chi connectivity index (χ2n) is 6.02. The van der Waals surface area contributed by atoms with Crippen molar-refractivity contribution < 1.29 is 9.13 Å². The highest BCUT2D eigenvalue weighted by Gasteiger charge is 2.13. The van der Waals surface area contributed by atoms with Crippen molar-refractivity contribution >= 4 is 11.0 Å². The minimum Gasteiger partial charge on any atom is -0.497 e. The van der Waals surface area contributed by atoms with Gasteiger partial charge in [-0.1, -0.05) is 12.1 Å². The lowest BCUT2D eigenvalue weighted by molar-refractivity contribution is 0.415. The highest BCUT2D eigenvalue weighted by atomic mass is 19.1. The topological polar surface area (TPSA) is 44.9 Å². The Balaban J connectivity index is 1.75. The number of hydrogen-bond donors (Lipinski definition) is 0. The number of nitrogens with zero attached hydrogens (tertiary/aromatic N) is 4. The van der Waals surface area contributed by atoms with Gasteiger partial charge in [0.25, 0.3) is 0 Å². The van der Waals surface area contributed by atoms with Crippen LogP contribution in [-0.2, 0) is 13.1 Å². The molecule has 2 aromatic carbocycles. The summed E-state index contributed by atoms with van der Waals surface area (Å²) in [5.41, 5.74) is 2.58. The van der Waals surface area contributed by atoms with Crippen LogP contribution in [0.4, 0.5) is 4.39 Å². The lowest BCUT2D eigenvalue weighted by atomic mass is 10.2. The first-order valence-corrected chi connectivity index (χ1v) is 8.50. The van der Waals surface area contributed by atoms with Gasteiger partial charge in [0.1, 0.15) is 23.2 Å². The summed E-state index contributed by atoms with van der Waals surface area (Å²) in [5, 5.41) is 0. The van der Waals surface area contributed by atoms with Crippen molar-refractivity contribution in [3.63, 3.8) is 0 Å². The molecule has 0 amide bonds. The summed E-state index contributed by atoms with van der Waals surface area (Å²) in [5.74, 6) is 2.22. The van der Waals surface area contributed by atoms with Crippen LogP contribution in [0.25, 0.3) is 22.4 Å². The second kappa shape index (κ2) is 6.63. The van der Waals surface area contributed by atoms with Crippen LogP contribution in [0.15, 0.2) is 54.9 Å². The average Bonchev–Trinajstić information content (AvgIpc) is 3.25. The quantitative estimate of drug-likeness (QED) is 0.544. The molecule has 6 heteroatoms. The average molecular weight is 350 g/mol. The molecule has 0 radical (unpaired) electrons. The summed E-state index contributed by atoms with van der Waals surface area (Å²) >= 11 is 0. The Morgan fingerprint density at radius 2 is 2.04 bits per heavy atom. The Morgan fingerprint density at radius 1 is 1.15 bits per heavy atom. The van der Waals surface area contributed by atoms with Crippen molar-refractivity contribution in [2.24, 2.45) is 0 Å². The van der Waals surface area contributed by atoms with E-state index in [0.29, 0.717) is 12.1 Å². The molecule has 0 aliphatic heterocycles. The third kappa shape index (κ3) is 2.83. The number of ether oxygens (including phenoxy) is 1. The third-order valence-corrected chi connectivity index (χ3v) is 4.46. The normalized spacial score (nSPS) is 11.2. The van der Waals surface area contributed by atoms with E-state index >= 15 is 0 Å². The zero-order valence-electron chi connectivity index (χ0n) is 14.7. The first-order chi connectivity index (χ1) is 12.7. The van der Waals surface area contributed by atoms with Gasteiger partial charge in [-0.25, -0.2) is 14.4 Å². The largest absolute Gasteiger partial charge is 0.497 e. The molecule has 0 atom stereocenters. The Labute approximate surface area is 150 Å². The number of halogens is 1. The maximum Gasteiger partial charge on any atom is 0.140 e. The van der Waals surface area contributed by atoms with E-state index in [1.165, 1.54) is 12.1 Å². The molecule has 0 aliphatic rings. The molecule has 0 unspecified atom stereocenters. The van der Waals surface area contributed by atoms with E-state index in [2.05, 4.69) is 21.5 Å². The molecule has 0 saturated heterocycles. The van der Waals surface area contributed by atoms with Crippen LogP contribution in [0.1, 0.15) is 12.7 Å². The monoisotopic (exact) mass is 350 g/mol. The van der Waals surface area contributed by atoms with Gasteiger partial charge in [0.2, 0.25) is 0 Å². The van der Waals surface area contributed by atoms with E-state index in [0.717, 1.165) is 35.0 Å². The first-order valence-electron chi connectivity index (χ1n) is 8.50. The highest BCUT2D eigenvalue weighted by Crippen LogP contribution is 2.24. The Morgan fingerprint density at radius 3 is 2.85 bits per heavy atom. The summed E-state index contributed by atoms with van der Waals surface area (Å²) in [6.07, 6.45) is 3.70. The van der Waals surface area contributed by atoms with E-state index in [4.69, 9.17) is 4.74 Å². The van der Waals surface area contributed by atoms with Crippen LogP contribution < -0.4 is 4.74 Å². The minimum atomic E-state index is -0.274. The molecule has 4 aromatic rings. The number of methoxy groups -OCH3 is 1. The molecule has 5 nitrogen and oxygen atoms in total. The fourth-order valence-electron chi connectivity index (χ4n) is 3.24. The van der Waals surface area contributed by atoms with E-state index < -0.39 is 0 Å². The molecular weight excluding hydrogens is 331 g/mol. The van der Waals surface area contributed by atoms with Gasteiger partial charge in [0.15, 0.2) is 0 Å². The fourth-order valence-corrected chi connectivity index (χ4v) is 3.24. The van der Waals surface area contributed by atoms with Crippen LogP contribution in [-0.4, -0.2) is 26.2 Å². The van der Waals surface area contributed by atoms with Crippen LogP contribution in [0.2, 0.25) is 0 Å². The van der Waals surface area contributed by atoms with Gasteiger partial charge < -0.3 is 13.9 Å². The zero-order chi connectivity index (χ0) is 18.1. The zero-order valence-corrected chi connectivity index (χ0v) is 14.7. The third-order valence-electron chi connectivity index (χ3n) is 4.46. The summed E-state index contributed by atoms with van der Waals surface area (Å²) < 4.78 is 23.0. The van der Waals surface area contributed by atoms with Crippen LogP contribution in [0.3, 0.4) is 0 Å². The number of hydrogen-bond acceptors (Lipinski definition) is 3. The van der Waals surface area contributed by atoms with Crippen LogP contribution >= 0.6 is 0 Å². The van der Waals surface area contributed by atoms with Crippen molar-refractivity contribution in [1.29, 1.82) is 0 Å². The van der Waals surface area contributed by atoms with Gasteiger partial charge in [-0.05, 0) is 31.2 Å². The summed E-state index contributed by atoms with van der Waals surface area (Å²) in [7, 11) is 1.65. The molecule has 26 heavy (non-hydrogen) atoms. The standard InChI is InChI=1S/C20H19FN4O/c1-3-25-18-8-7-15(21)12-17(18)23-19(25)13-24-10-9-22-20(24)14-5-4-6-16(11-14)26-2/h4-12H,3,13H2,1-2H3. The van der Waals surface area contributed by atoms with Crippen molar-refractivity contribution in [2.75, 3.05) is 7.11 Å². The molecule has 2 heterocycles. The molecule has 0 bridgehead atoms. The van der Waals surface area contributed by atoms with E-state index in [9.17, 15) is 4.39 Å². The minimum absolute atomic E-state index is 0.274. The molecule has 0 saturated carbocycles. The van der Waals surface area contributed by atoms with E-state index in [1.807, 2.05) is 35.0 Å². The maximum absolute atomic E-state index is 13.5. The van der Waals surface area contributed by atoms with E-state index in [1.54, 1.807) is 19.4 Å². The molecule has 0 aliphatic carbocycles.